The Hall–Kier alpha value is -2.25. The summed E-state index contributed by atoms with van der Waals surface area (Å²) in [4.78, 5) is 15.6. The third-order valence-electron chi connectivity index (χ3n) is 7.58. The predicted octanol–water partition coefficient (Wildman–Crippen LogP) is 3.40. The van der Waals surface area contributed by atoms with Crippen LogP contribution < -0.4 is 9.47 Å². The van der Waals surface area contributed by atoms with Crippen LogP contribution in [0.4, 0.5) is 0 Å². The van der Waals surface area contributed by atoms with E-state index in [0.29, 0.717) is 5.76 Å². The lowest BCUT2D eigenvalue weighted by Gasteiger charge is -2.32. The van der Waals surface area contributed by atoms with E-state index in [1.165, 1.54) is 5.56 Å². The Balaban J connectivity index is 1.50. The molecule has 0 N–H and O–H groups in total. The normalized spacial score (nSPS) is 32.8. The van der Waals surface area contributed by atoms with Gasteiger partial charge in [-0.3, -0.25) is 4.90 Å². The monoisotopic (exact) mass is 443 g/mol. The highest BCUT2D eigenvalue weighted by molar-refractivity contribution is 5.80. The lowest BCUT2D eigenvalue weighted by Crippen LogP contribution is -2.40. The molecule has 1 aromatic rings. The number of carbonyl (C=O) groups excluding carboxylic acids is 1. The summed E-state index contributed by atoms with van der Waals surface area (Å²) < 4.78 is 29.0. The van der Waals surface area contributed by atoms with Gasteiger partial charge in [0.25, 0.3) is 0 Å². The fourth-order valence-electron chi connectivity index (χ4n) is 5.33. The zero-order valence-electron chi connectivity index (χ0n) is 19.6. The van der Waals surface area contributed by atoms with Crippen molar-refractivity contribution in [3.63, 3.8) is 0 Å². The van der Waals surface area contributed by atoms with E-state index >= 15 is 0 Å². The molecule has 3 aliphatic heterocycles. The van der Waals surface area contributed by atoms with Crippen molar-refractivity contribution in [2.45, 2.75) is 70.3 Å². The van der Waals surface area contributed by atoms with Crippen LogP contribution in [0.1, 0.15) is 51.2 Å². The van der Waals surface area contributed by atoms with Crippen LogP contribution in [0.5, 0.6) is 11.5 Å². The van der Waals surface area contributed by atoms with Crippen LogP contribution in [0.25, 0.3) is 0 Å². The lowest BCUT2D eigenvalue weighted by atomic mass is 9.87. The molecule has 7 heteroatoms. The summed E-state index contributed by atoms with van der Waals surface area (Å²) in [6, 6.07) is 4.25. The van der Waals surface area contributed by atoms with Crippen molar-refractivity contribution in [1.82, 2.24) is 4.90 Å². The molecule has 0 radical (unpaired) electrons. The Morgan fingerprint density at radius 3 is 2.69 bits per heavy atom. The number of methoxy groups -OCH3 is 1. The Labute approximate surface area is 189 Å². The van der Waals surface area contributed by atoms with Gasteiger partial charge in [0.1, 0.15) is 11.4 Å². The first-order valence-electron chi connectivity index (χ1n) is 11.7. The number of benzene rings is 1. The molecule has 5 atom stereocenters. The Morgan fingerprint density at radius 1 is 1.28 bits per heavy atom. The third kappa shape index (κ3) is 3.37. The fourth-order valence-corrected chi connectivity index (χ4v) is 5.33. The Kier molecular flexibility index (Phi) is 5.37. The van der Waals surface area contributed by atoms with Crippen LogP contribution in [-0.4, -0.2) is 61.7 Å². The second-order valence-corrected chi connectivity index (χ2v) is 9.67. The number of fused-ring (bicyclic) bond motifs is 4. The van der Waals surface area contributed by atoms with Crippen molar-refractivity contribution in [1.29, 1.82) is 0 Å². The van der Waals surface area contributed by atoms with Crippen molar-refractivity contribution in [3.05, 3.63) is 35.1 Å². The summed E-state index contributed by atoms with van der Waals surface area (Å²) in [6.45, 7) is 10.4. The number of ether oxygens (including phenoxy) is 5. The summed E-state index contributed by atoms with van der Waals surface area (Å²) >= 11 is 0. The highest BCUT2D eigenvalue weighted by atomic mass is 16.7. The maximum Gasteiger partial charge on any atom is 0.339 e. The largest absolute Gasteiger partial charge is 0.497 e. The van der Waals surface area contributed by atoms with E-state index in [2.05, 4.69) is 43.9 Å². The second-order valence-electron chi connectivity index (χ2n) is 9.67. The minimum absolute atomic E-state index is 0.0727. The molecule has 1 unspecified atom stereocenters. The molecule has 4 aliphatic rings. The molecule has 32 heavy (non-hydrogen) atoms. The van der Waals surface area contributed by atoms with E-state index in [-0.39, 0.29) is 30.6 Å². The van der Waals surface area contributed by atoms with Crippen LogP contribution in [-0.2, 0) is 25.4 Å². The summed E-state index contributed by atoms with van der Waals surface area (Å²) in [5, 5.41) is 0. The van der Waals surface area contributed by atoms with Crippen molar-refractivity contribution < 1.29 is 28.5 Å². The smallest absolute Gasteiger partial charge is 0.339 e. The average molecular weight is 444 g/mol. The molecular formula is C25H33NO6. The molecule has 0 spiro atoms. The maximum absolute atomic E-state index is 13.1. The number of carbonyl (C=O) groups is 1. The summed E-state index contributed by atoms with van der Waals surface area (Å²) in [5.41, 5.74) is 1.89. The van der Waals surface area contributed by atoms with Crippen LogP contribution in [0.15, 0.2) is 24.0 Å². The molecule has 174 valence electrons. The highest BCUT2D eigenvalue weighted by Crippen LogP contribution is 2.48. The average Bonchev–Trinajstić information content (AvgIpc) is 3.14. The first kappa shape index (κ1) is 21.6. The van der Waals surface area contributed by atoms with Gasteiger partial charge in [-0.15, -0.1) is 0 Å². The lowest BCUT2D eigenvalue weighted by molar-refractivity contribution is -0.151. The molecule has 0 saturated carbocycles. The number of epoxide rings is 1. The van der Waals surface area contributed by atoms with Gasteiger partial charge in [-0.1, -0.05) is 20.8 Å². The number of nitrogens with zero attached hydrogens (tertiary/aromatic N) is 1. The number of esters is 1. The molecule has 0 bridgehead atoms. The topological polar surface area (TPSA) is 69.8 Å². The Morgan fingerprint density at radius 2 is 2.03 bits per heavy atom. The predicted molar refractivity (Wildman–Crippen MR) is 118 cm³/mol. The molecule has 1 fully saturated rings. The molecule has 5 rings (SSSR count). The van der Waals surface area contributed by atoms with Crippen LogP contribution in [0.2, 0.25) is 0 Å². The van der Waals surface area contributed by atoms with Crippen molar-refractivity contribution in [3.8, 4) is 11.5 Å². The van der Waals surface area contributed by atoms with Crippen molar-refractivity contribution in [2.24, 2.45) is 5.92 Å². The number of hydrogen-bond donors (Lipinski definition) is 0. The van der Waals surface area contributed by atoms with Crippen LogP contribution >= 0.6 is 0 Å². The number of rotatable bonds is 6. The van der Waals surface area contributed by atoms with E-state index in [1.807, 2.05) is 6.92 Å². The molecule has 1 saturated heterocycles. The molecule has 1 aromatic carbocycles. The van der Waals surface area contributed by atoms with E-state index in [9.17, 15) is 4.79 Å². The van der Waals surface area contributed by atoms with Gasteiger partial charge in [0.2, 0.25) is 6.79 Å². The third-order valence-corrected chi connectivity index (χ3v) is 7.58. The van der Waals surface area contributed by atoms with Crippen molar-refractivity contribution >= 4 is 5.97 Å². The van der Waals surface area contributed by atoms with Gasteiger partial charge in [0, 0.05) is 18.5 Å². The minimum Gasteiger partial charge on any atom is -0.497 e. The summed E-state index contributed by atoms with van der Waals surface area (Å²) in [6.07, 6.45) is 3.05. The first-order chi connectivity index (χ1) is 15.4. The second kappa shape index (κ2) is 7.96. The molecule has 3 heterocycles. The fraction of sp³-hybridized carbons (Fsp3) is 0.640. The van der Waals surface area contributed by atoms with Gasteiger partial charge in [0.05, 0.1) is 7.11 Å². The quantitative estimate of drug-likeness (QED) is 0.493. The summed E-state index contributed by atoms with van der Waals surface area (Å²) in [5.74, 6) is 2.08. The van der Waals surface area contributed by atoms with Gasteiger partial charge in [-0.05, 0) is 61.6 Å². The van der Waals surface area contributed by atoms with Crippen molar-refractivity contribution in [2.75, 3.05) is 27.0 Å². The standard InChI is InChI=1S/C25H33NO6/c1-6-8-26-9-7-15-10-18-19(30-13-29-18)11-16(15)21-17(26)12-20(28-5)22(21)31-24(27)23-25(4,32-23)14(2)3/h10-12,14,17,21-23H,6-9,13H2,1-5H3/t17-,21-,22+,23+,25?/m0/s1. The zero-order valence-corrected chi connectivity index (χ0v) is 19.6. The van der Waals surface area contributed by atoms with Crippen LogP contribution in [0, 0.1) is 5.92 Å². The molecular weight excluding hydrogens is 410 g/mol. The zero-order chi connectivity index (χ0) is 22.6. The SMILES string of the molecule is CCCN1CCc2cc3c(cc2[C@@H]2[C@H](OC(=O)[C@H]4OC4(C)C(C)C)C(OC)=C[C@@H]21)OCO3. The van der Waals surface area contributed by atoms with Gasteiger partial charge in [-0.2, -0.15) is 0 Å². The Bertz CT molecular complexity index is 943. The molecule has 0 aromatic heterocycles. The van der Waals surface area contributed by atoms with Gasteiger partial charge < -0.3 is 23.7 Å². The van der Waals surface area contributed by atoms with E-state index in [4.69, 9.17) is 23.7 Å². The molecule has 1 aliphatic carbocycles. The van der Waals surface area contributed by atoms with Gasteiger partial charge in [0.15, 0.2) is 23.7 Å². The first-order valence-corrected chi connectivity index (χ1v) is 11.7. The molecule has 0 amide bonds. The van der Waals surface area contributed by atoms with Gasteiger partial charge in [-0.25, -0.2) is 4.79 Å². The van der Waals surface area contributed by atoms with Crippen LogP contribution in [0.3, 0.4) is 0 Å². The maximum atomic E-state index is 13.1. The minimum atomic E-state index is -0.534. The van der Waals surface area contributed by atoms with E-state index < -0.39 is 17.8 Å². The highest BCUT2D eigenvalue weighted by Gasteiger charge is 2.61. The van der Waals surface area contributed by atoms with E-state index in [0.717, 1.165) is 43.0 Å². The number of hydrogen-bond acceptors (Lipinski definition) is 7. The molecule has 7 nitrogen and oxygen atoms in total. The summed E-state index contributed by atoms with van der Waals surface area (Å²) in [7, 11) is 1.65. The van der Waals surface area contributed by atoms with E-state index in [1.54, 1.807) is 7.11 Å². The van der Waals surface area contributed by atoms with Gasteiger partial charge >= 0.3 is 5.97 Å².